The lowest BCUT2D eigenvalue weighted by molar-refractivity contribution is 0.0698. The van der Waals surface area contributed by atoms with Crippen LogP contribution >= 0.6 is 11.6 Å². The Morgan fingerprint density at radius 1 is 1.10 bits per heavy atom. The smallest absolute Gasteiger partial charge is 0.167 e. The maximum atomic E-state index is 12.7. The Labute approximate surface area is 132 Å². The zero-order chi connectivity index (χ0) is 14.7. The van der Waals surface area contributed by atoms with Gasteiger partial charge < -0.3 is 0 Å². The summed E-state index contributed by atoms with van der Waals surface area (Å²) in [7, 11) is 0. The van der Waals surface area contributed by atoms with Crippen molar-refractivity contribution in [2.24, 2.45) is 5.92 Å². The first-order valence-electron chi connectivity index (χ1n) is 8.28. The zero-order valence-electron chi connectivity index (χ0n) is 12.6. The van der Waals surface area contributed by atoms with Crippen LogP contribution in [0.15, 0.2) is 24.3 Å². The van der Waals surface area contributed by atoms with E-state index in [-0.39, 0.29) is 11.7 Å². The van der Waals surface area contributed by atoms with Crippen molar-refractivity contribution in [3.63, 3.8) is 0 Å². The molecule has 3 heteroatoms. The van der Waals surface area contributed by atoms with Gasteiger partial charge in [-0.15, -0.1) is 0 Å². The number of carbonyl (C=O) groups is 1. The molecule has 1 unspecified atom stereocenters. The van der Waals surface area contributed by atoms with Gasteiger partial charge in [-0.25, -0.2) is 0 Å². The Hall–Kier alpha value is -0.860. The van der Waals surface area contributed by atoms with Gasteiger partial charge in [-0.3, -0.25) is 9.69 Å². The maximum Gasteiger partial charge on any atom is 0.167 e. The number of likely N-dealkylation sites (tertiary alicyclic amines) is 1. The van der Waals surface area contributed by atoms with E-state index in [0.717, 1.165) is 24.9 Å². The molecule has 1 aliphatic heterocycles. The van der Waals surface area contributed by atoms with Crippen molar-refractivity contribution in [3.05, 3.63) is 34.9 Å². The van der Waals surface area contributed by atoms with Gasteiger partial charge in [-0.1, -0.05) is 43.0 Å². The number of nitrogens with zero attached hydrogens (tertiary/aromatic N) is 1. The number of halogens is 1. The monoisotopic (exact) mass is 305 g/mol. The summed E-state index contributed by atoms with van der Waals surface area (Å²) in [6.07, 6.45) is 8.90. The molecule has 1 aromatic rings. The van der Waals surface area contributed by atoms with Crippen LogP contribution in [0, 0.1) is 5.92 Å². The van der Waals surface area contributed by atoms with E-state index in [1.54, 1.807) is 0 Å². The molecule has 0 radical (unpaired) electrons. The number of benzene rings is 1. The van der Waals surface area contributed by atoms with Crippen LogP contribution < -0.4 is 0 Å². The molecular weight excluding hydrogens is 282 g/mol. The van der Waals surface area contributed by atoms with Gasteiger partial charge >= 0.3 is 0 Å². The van der Waals surface area contributed by atoms with Crippen LogP contribution in [0.2, 0.25) is 5.02 Å². The summed E-state index contributed by atoms with van der Waals surface area (Å²) in [5.41, 5.74) is 0.776. The van der Waals surface area contributed by atoms with Gasteiger partial charge in [-0.2, -0.15) is 0 Å². The molecule has 2 fully saturated rings. The molecule has 1 heterocycles. The largest absolute Gasteiger partial charge is 0.300 e. The quantitative estimate of drug-likeness (QED) is 0.763. The molecule has 2 nitrogen and oxygen atoms in total. The molecule has 1 atom stereocenters. The van der Waals surface area contributed by atoms with E-state index in [1.807, 2.05) is 24.3 Å². The minimum absolute atomic E-state index is 0.152. The average molecular weight is 306 g/mol. The summed E-state index contributed by atoms with van der Waals surface area (Å²) >= 11 is 6.02. The van der Waals surface area contributed by atoms with Crippen molar-refractivity contribution in [1.29, 1.82) is 0 Å². The summed E-state index contributed by atoms with van der Waals surface area (Å²) < 4.78 is 0. The lowest BCUT2D eigenvalue weighted by Gasteiger charge is -2.39. The summed E-state index contributed by atoms with van der Waals surface area (Å²) in [5, 5.41) is 0.654. The molecule has 2 aliphatic rings. The van der Waals surface area contributed by atoms with Crippen LogP contribution in [0.3, 0.4) is 0 Å². The molecule has 0 aromatic heterocycles. The molecule has 21 heavy (non-hydrogen) atoms. The van der Waals surface area contributed by atoms with E-state index in [2.05, 4.69) is 4.90 Å². The molecule has 114 valence electrons. The third kappa shape index (κ3) is 3.67. The maximum absolute atomic E-state index is 12.7. The molecule has 1 aromatic carbocycles. The topological polar surface area (TPSA) is 20.3 Å². The minimum Gasteiger partial charge on any atom is -0.300 e. The number of carbonyl (C=O) groups excluding carboxylic acids is 1. The number of piperidine rings is 1. The van der Waals surface area contributed by atoms with Gasteiger partial charge in [0.15, 0.2) is 5.78 Å². The number of hydrogen-bond acceptors (Lipinski definition) is 2. The van der Waals surface area contributed by atoms with E-state index in [9.17, 15) is 4.79 Å². The normalized spacial score (nSPS) is 24.9. The van der Waals surface area contributed by atoms with Gasteiger partial charge in [0.1, 0.15) is 0 Å². The average Bonchev–Trinajstić information content (AvgIpc) is 2.55. The Kier molecular flexibility index (Phi) is 4.97. The second kappa shape index (κ2) is 6.93. The van der Waals surface area contributed by atoms with Crippen LogP contribution in [-0.2, 0) is 0 Å². The molecule has 3 rings (SSSR count). The first kappa shape index (κ1) is 15.1. The van der Waals surface area contributed by atoms with Crippen molar-refractivity contribution in [2.45, 2.75) is 51.0 Å². The number of ketones is 1. The first-order chi connectivity index (χ1) is 10.2. The highest BCUT2D eigenvalue weighted by Crippen LogP contribution is 2.28. The van der Waals surface area contributed by atoms with E-state index in [0.29, 0.717) is 11.1 Å². The van der Waals surface area contributed by atoms with Crippen molar-refractivity contribution in [1.82, 2.24) is 4.90 Å². The van der Waals surface area contributed by atoms with E-state index in [1.165, 1.54) is 38.6 Å². The Morgan fingerprint density at radius 2 is 1.90 bits per heavy atom. The highest BCUT2D eigenvalue weighted by molar-refractivity contribution is 6.31. The second-order valence-corrected chi connectivity index (χ2v) is 6.94. The number of hydrogen-bond donors (Lipinski definition) is 0. The zero-order valence-corrected chi connectivity index (χ0v) is 13.3. The second-order valence-electron chi connectivity index (χ2n) is 6.50. The van der Waals surface area contributed by atoms with Gasteiger partial charge in [0.2, 0.25) is 0 Å². The Bertz CT molecular complexity index is 496. The van der Waals surface area contributed by atoms with E-state index >= 15 is 0 Å². The number of rotatable bonds is 3. The molecule has 0 bridgehead atoms. The Morgan fingerprint density at radius 3 is 2.67 bits per heavy atom. The highest BCUT2D eigenvalue weighted by Gasteiger charge is 2.30. The van der Waals surface area contributed by atoms with Crippen LogP contribution in [0.4, 0.5) is 0 Å². The SMILES string of the molecule is O=C(c1cccc(Cl)c1)C1CCCN(C2CCCCC2)C1. The van der Waals surface area contributed by atoms with Crippen molar-refractivity contribution < 1.29 is 4.79 Å². The lowest BCUT2D eigenvalue weighted by Crippen LogP contribution is -2.45. The van der Waals surface area contributed by atoms with Crippen LogP contribution in [0.1, 0.15) is 55.3 Å². The fourth-order valence-corrected chi connectivity index (χ4v) is 4.07. The standard InChI is InChI=1S/C18H24ClNO/c19-16-8-4-6-14(12-16)18(21)15-7-5-11-20(13-15)17-9-2-1-3-10-17/h4,6,8,12,15,17H,1-3,5,7,9-11,13H2. The third-order valence-corrected chi connectivity index (χ3v) is 5.26. The van der Waals surface area contributed by atoms with Gasteiger partial charge in [0.05, 0.1) is 0 Å². The molecule has 0 amide bonds. The summed E-state index contributed by atoms with van der Waals surface area (Å²) in [4.78, 5) is 15.3. The molecular formula is C18H24ClNO. The van der Waals surface area contributed by atoms with Crippen molar-refractivity contribution >= 4 is 17.4 Å². The fraction of sp³-hybridized carbons (Fsp3) is 0.611. The predicted molar refractivity (Wildman–Crippen MR) is 87.0 cm³/mol. The van der Waals surface area contributed by atoms with Crippen LogP contribution in [-0.4, -0.2) is 29.8 Å². The van der Waals surface area contributed by atoms with Crippen LogP contribution in [0.25, 0.3) is 0 Å². The minimum atomic E-state index is 0.152. The van der Waals surface area contributed by atoms with E-state index < -0.39 is 0 Å². The molecule has 1 saturated carbocycles. The van der Waals surface area contributed by atoms with E-state index in [4.69, 9.17) is 11.6 Å². The van der Waals surface area contributed by atoms with Crippen LogP contribution in [0.5, 0.6) is 0 Å². The van der Waals surface area contributed by atoms with Crippen molar-refractivity contribution in [2.75, 3.05) is 13.1 Å². The van der Waals surface area contributed by atoms with Crippen molar-refractivity contribution in [3.8, 4) is 0 Å². The summed E-state index contributed by atoms with van der Waals surface area (Å²) in [6.45, 7) is 2.11. The third-order valence-electron chi connectivity index (χ3n) is 5.02. The molecule has 1 saturated heterocycles. The Balaban J connectivity index is 1.66. The summed E-state index contributed by atoms with van der Waals surface area (Å²) in [5.74, 6) is 0.428. The van der Waals surface area contributed by atoms with Gasteiger partial charge in [0.25, 0.3) is 0 Å². The molecule has 1 aliphatic carbocycles. The predicted octanol–water partition coefficient (Wildman–Crippen LogP) is 4.57. The lowest BCUT2D eigenvalue weighted by atomic mass is 9.87. The molecule has 0 N–H and O–H groups in total. The van der Waals surface area contributed by atoms with Gasteiger partial charge in [-0.05, 0) is 44.4 Å². The number of Topliss-reactive ketones (excluding diaryl/α,β-unsaturated/α-hetero) is 1. The highest BCUT2D eigenvalue weighted by atomic mass is 35.5. The first-order valence-corrected chi connectivity index (χ1v) is 8.65. The molecule has 0 spiro atoms. The van der Waals surface area contributed by atoms with Gasteiger partial charge in [0, 0.05) is 29.1 Å². The fourth-order valence-electron chi connectivity index (χ4n) is 3.88. The summed E-state index contributed by atoms with van der Waals surface area (Å²) in [6, 6.07) is 8.12.